The Labute approximate surface area is 105 Å². The maximum absolute atomic E-state index is 11.6. The number of hydrogen-bond acceptors (Lipinski definition) is 4. The molecule has 2 rings (SSSR count). The van der Waals surface area contributed by atoms with Crippen LogP contribution < -0.4 is 15.8 Å². The van der Waals surface area contributed by atoms with Crippen LogP contribution in [0.15, 0.2) is 48.8 Å². The monoisotopic (exact) mass is 243 g/mol. The second-order valence-corrected chi connectivity index (χ2v) is 3.65. The van der Waals surface area contributed by atoms with Crippen LogP contribution in [0.25, 0.3) is 0 Å². The van der Waals surface area contributed by atoms with Gasteiger partial charge in [0.25, 0.3) is 5.91 Å². The highest BCUT2D eigenvalue weighted by molar-refractivity contribution is 5.91. The summed E-state index contributed by atoms with van der Waals surface area (Å²) >= 11 is 0. The molecule has 92 valence electrons. The molecular formula is C13H13N3O2. The van der Waals surface area contributed by atoms with Gasteiger partial charge in [-0.3, -0.25) is 9.78 Å². The van der Waals surface area contributed by atoms with E-state index in [1.807, 2.05) is 0 Å². The molecule has 0 aliphatic rings. The van der Waals surface area contributed by atoms with E-state index in [0.717, 1.165) is 0 Å². The maximum atomic E-state index is 11.6. The lowest BCUT2D eigenvalue weighted by Gasteiger charge is -2.07. The summed E-state index contributed by atoms with van der Waals surface area (Å²) in [5.74, 6) is 0.337. The highest BCUT2D eigenvalue weighted by atomic mass is 16.5. The number of rotatable bonds is 4. The number of nitrogen functional groups attached to an aromatic ring is 1. The summed E-state index contributed by atoms with van der Waals surface area (Å²) in [5, 5.41) is 2.69. The highest BCUT2D eigenvalue weighted by Gasteiger charge is 2.03. The van der Waals surface area contributed by atoms with E-state index in [4.69, 9.17) is 10.5 Å². The van der Waals surface area contributed by atoms with Crippen LogP contribution in [0, 0.1) is 0 Å². The molecule has 2 aromatic rings. The lowest BCUT2D eigenvalue weighted by atomic mass is 10.3. The Bertz CT molecular complexity index is 529. The minimum Gasteiger partial charge on any atom is -0.484 e. The number of nitrogens with one attached hydrogen (secondary N) is 1. The Kier molecular flexibility index (Phi) is 3.76. The molecule has 1 amide bonds. The third-order valence-corrected chi connectivity index (χ3v) is 2.19. The Balaban J connectivity index is 1.85. The molecule has 0 saturated heterocycles. The second kappa shape index (κ2) is 5.67. The van der Waals surface area contributed by atoms with Gasteiger partial charge in [-0.05, 0) is 24.3 Å². The first kappa shape index (κ1) is 11.9. The van der Waals surface area contributed by atoms with E-state index in [1.165, 1.54) is 0 Å². The average Bonchev–Trinajstić information content (AvgIpc) is 2.38. The van der Waals surface area contributed by atoms with Crippen LogP contribution in [-0.2, 0) is 4.79 Å². The van der Waals surface area contributed by atoms with Crippen LogP contribution in [0.4, 0.5) is 11.4 Å². The zero-order chi connectivity index (χ0) is 12.8. The van der Waals surface area contributed by atoms with Crippen molar-refractivity contribution in [3.63, 3.8) is 0 Å². The standard InChI is InChI=1S/C13H13N3O2/c14-10-2-1-3-12(8-10)18-9-13(17)16-11-4-6-15-7-5-11/h1-8H,9,14H2,(H,15,16,17). The van der Waals surface area contributed by atoms with Gasteiger partial charge in [0.2, 0.25) is 0 Å². The third kappa shape index (κ3) is 3.48. The molecular weight excluding hydrogens is 230 g/mol. The fourth-order valence-corrected chi connectivity index (χ4v) is 1.39. The Hall–Kier alpha value is -2.56. The molecule has 0 aliphatic carbocycles. The van der Waals surface area contributed by atoms with Crippen LogP contribution in [-0.4, -0.2) is 17.5 Å². The van der Waals surface area contributed by atoms with Crippen molar-refractivity contribution in [3.05, 3.63) is 48.8 Å². The number of pyridine rings is 1. The summed E-state index contributed by atoms with van der Waals surface area (Å²) in [6.45, 7) is -0.0637. The number of carbonyl (C=O) groups is 1. The number of carbonyl (C=O) groups excluding carboxylic acids is 1. The fourth-order valence-electron chi connectivity index (χ4n) is 1.39. The van der Waals surface area contributed by atoms with E-state index >= 15 is 0 Å². The minimum absolute atomic E-state index is 0.0637. The number of amides is 1. The van der Waals surface area contributed by atoms with Crippen LogP contribution >= 0.6 is 0 Å². The average molecular weight is 243 g/mol. The lowest BCUT2D eigenvalue weighted by Crippen LogP contribution is -2.20. The molecule has 5 heteroatoms. The van der Waals surface area contributed by atoms with Gasteiger partial charge in [-0.25, -0.2) is 0 Å². The van der Waals surface area contributed by atoms with Gasteiger partial charge >= 0.3 is 0 Å². The number of ether oxygens (including phenoxy) is 1. The van der Waals surface area contributed by atoms with Crippen molar-refractivity contribution >= 4 is 17.3 Å². The molecule has 0 atom stereocenters. The summed E-state index contributed by atoms with van der Waals surface area (Å²) in [6.07, 6.45) is 3.21. The van der Waals surface area contributed by atoms with E-state index in [9.17, 15) is 4.79 Å². The third-order valence-electron chi connectivity index (χ3n) is 2.19. The molecule has 0 aliphatic heterocycles. The van der Waals surface area contributed by atoms with Crippen molar-refractivity contribution in [2.75, 3.05) is 17.7 Å². The lowest BCUT2D eigenvalue weighted by molar-refractivity contribution is -0.118. The molecule has 0 unspecified atom stereocenters. The molecule has 1 aromatic heterocycles. The van der Waals surface area contributed by atoms with E-state index in [-0.39, 0.29) is 12.5 Å². The van der Waals surface area contributed by atoms with Crippen molar-refractivity contribution in [1.82, 2.24) is 4.98 Å². The predicted octanol–water partition coefficient (Wildman–Crippen LogP) is 1.68. The van der Waals surface area contributed by atoms with Crippen LogP contribution in [0.1, 0.15) is 0 Å². The highest BCUT2D eigenvalue weighted by Crippen LogP contribution is 2.14. The molecule has 0 radical (unpaired) electrons. The van der Waals surface area contributed by atoms with Gasteiger partial charge in [0.1, 0.15) is 5.75 Å². The zero-order valence-electron chi connectivity index (χ0n) is 9.67. The quantitative estimate of drug-likeness (QED) is 0.801. The molecule has 0 fully saturated rings. The Morgan fingerprint density at radius 3 is 2.78 bits per heavy atom. The first-order valence-corrected chi connectivity index (χ1v) is 5.42. The van der Waals surface area contributed by atoms with Crippen molar-refractivity contribution in [3.8, 4) is 5.75 Å². The number of benzene rings is 1. The largest absolute Gasteiger partial charge is 0.484 e. The molecule has 5 nitrogen and oxygen atoms in total. The summed E-state index contributed by atoms with van der Waals surface area (Å²) in [5.41, 5.74) is 6.89. The summed E-state index contributed by atoms with van der Waals surface area (Å²) < 4.78 is 5.31. The van der Waals surface area contributed by atoms with E-state index < -0.39 is 0 Å². The van der Waals surface area contributed by atoms with Crippen LogP contribution in [0.5, 0.6) is 5.75 Å². The number of nitrogens with zero attached hydrogens (tertiary/aromatic N) is 1. The molecule has 3 N–H and O–H groups in total. The zero-order valence-corrected chi connectivity index (χ0v) is 9.67. The molecule has 18 heavy (non-hydrogen) atoms. The van der Waals surface area contributed by atoms with Gasteiger partial charge in [0.05, 0.1) is 0 Å². The van der Waals surface area contributed by atoms with Gasteiger partial charge in [-0.2, -0.15) is 0 Å². The molecule has 1 aromatic carbocycles. The van der Waals surface area contributed by atoms with E-state index in [0.29, 0.717) is 17.1 Å². The Morgan fingerprint density at radius 1 is 1.28 bits per heavy atom. The van der Waals surface area contributed by atoms with Crippen molar-refractivity contribution in [2.45, 2.75) is 0 Å². The SMILES string of the molecule is Nc1cccc(OCC(=O)Nc2ccncc2)c1. The summed E-state index contributed by atoms with van der Waals surface area (Å²) in [4.78, 5) is 15.4. The molecule has 0 spiro atoms. The van der Waals surface area contributed by atoms with Crippen molar-refractivity contribution in [1.29, 1.82) is 0 Å². The van der Waals surface area contributed by atoms with Gasteiger partial charge in [0, 0.05) is 29.8 Å². The smallest absolute Gasteiger partial charge is 0.262 e. The number of nitrogens with two attached hydrogens (primary N) is 1. The summed E-state index contributed by atoms with van der Waals surface area (Å²) in [7, 11) is 0. The molecule has 0 bridgehead atoms. The number of aromatic nitrogens is 1. The van der Waals surface area contributed by atoms with Gasteiger partial charge in [0.15, 0.2) is 6.61 Å². The second-order valence-electron chi connectivity index (χ2n) is 3.65. The summed E-state index contributed by atoms with van der Waals surface area (Å²) in [6, 6.07) is 10.3. The predicted molar refractivity (Wildman–Crippen MR) is 69.2 cm³/mol. The minimum atomic E-state index is -0.233. The topological polar surface area (TPSA) is 77.2 Å². The van der Waals surface area contributed by atoms with E-state index in [2.05, 4.69) is 10.3 Å². The Morgan fingerprint density at radius 2 is 2.06 bits per heavy atom. The van der Waals surface area contributed by atoms with Crippen molar-refractivity contribution in [2.24, 2.45) is 0 Å². The number of anilines is 2. The fraction of sp³-hybridized carbons (Fsp3) is 0.0769. The maximum Gasteiger partial charge on any atom is 0.262 e. The van der Waals surface area contributed by atoms with Gasteiger partial charge in [-0.15, -0.1) is 0 Å². The number of hydrogen-bond donors (Lipinski definition) is 2. The van der Waals surface area contributed by atoms with E-state index in [1.54, 1.807) is 48.8 Å². The normalized spacial score (nSPS) is 9.78. The first-order chi connectivity index (χ1) is 8.74. The first-order valence-electron chi connectivity index (χ1n) is 5.42. The molecule has 0 saturated carbocycles. The van der Waals surface area contributed by atoms with Crippen molar-refractivity contribution < 1.29 is 9.53 Å². The molecule has 1 heterocycles. The van der Waals surface area contributed by atoms with Crippen LogP contribution in [0.2, 0.25) is 0 Å². The van der Waals surface area contributed by atoms with Gasteiger partial charge in [-0.1, -0.05) is 6.07 Å². The van der Waals surface area contributed by atoms with Gasteiger partial charge < -0.3 is 15.8 Å². The van der Waals surface area contributed by atoms with Crippen LogP contribution in [0.3, 0.4) is 0 Å².